The molecule has 4 aromatic carbocycles. The third-order valence-electron chi connectivity index (χ3n) is 8.24. The van der Waals surface area contributed by atoms with Crippen LogP contribution in [0, 0.1) is 0 Å². The first-order valence-electron chi connectivity index (χ1n) is 14.9. The van der Waals surface area contributed by atoms with Crippen molar-refractivity contribution in [2.45, 2.75) is 69.8 Å². The molecule has 0 aliphatic carbocycles. The molecule has 0 amide bonds. The molecule has 4 aromatic rings. The number of carbonyl (C=O) groups excluding carboxylic acids is 1. The molecule has 0 saturated carbocycles. The lowest BCUT2D eigenvalue weighted by molar-refractivity contribution is 0.0973. The van der Waals surface area contributed by atoms with Crippen molar-refractivity contribution in [3.8, 4) is 34.5 Å². The normalized spacial score (nSPS) is 15.9. The molecule has 1 aliphatic rings. The third-order valence-corrected chi connectivity index (χ3v) is 8.24. The Morgan fingerprint density at radius 1 is 0.721 bits per heavy atom. The fraction of sp³-hybridized carbons (Fsp3) is 0.306. The lowest BCUT2D eigenvalue weighted by Crippen LogP contribution is -2.20. The monoisotopic (exact) mass is 582 g/mol. The van der Waals surface area contributed by atoms with Crippen LogP contribution in [0.25, 0.3) is 0 Å². The van der Waals surface area contributed by atoms with Crippen molar-refractivity contribution in [2.24, 2.45) is 0 Å². The predicted octanol–water partition coefficient (Wildman–Crippen LogP) is 8.03. The molecule has 224 valence electrons. The number of rotatable bonds is 12. The molecule has 43 heavy (non-hydrogen) atoms. The molecule has 2 atom stereocenters. The molecule has 1 aliphatic heterocycles. The second-order valence-electron chi connectivity index (χ2n) is 11.3. The van der Waals surface area contributed by atoms with Gasteiger partial charge in [-0.25, -0.2) is 0 Å². The summed E-state index contributed by atoms with van der Waals surface area (Å²) in [4.78, 5) is 13.2. The van der Waals surface area contributed by atoms with E-state index in [4.69, 9.17) is 4.74 Å². The van der Waals surface area contributed by atoms with Gasteiger partial charge in [0.25, 0.3) is 0 Å². The van der Waals surface area contributed by atoms with Gasteiger partial charge >= 0.3 is 0 Å². The number of aromatic hydroxyl groups is 5. The van der Waals surface area contributed by atoms with Gasteiger partial charge in [0.15, 0.2) is 5.78 Å². The zero-order valence-electron chi connectivity index (χ0n) is 24.1. The second kappa shape index (κ2) is 13.6. The first kappa shape index (κ1) is 29.8. The Hall–Kier alpha value is -4.65. The summed E-state index contributed by atoms with van der Waals surface area (Å²) in [6.45, 7) is 0. The minimum Gasteiger partial charge on any atom is -0.508 e. The number of phenolic OH excluding ortho intramolecular Hbond substituents is 5. The van der Waals surface area contributed by atoms with Crippen LogP contribution in [0.2, 0.25) is 0 Å². The van der Waals surface area contributed by atoms with Crippen LogP contribution in [0.3, 0.4) is 0 Å². The highest BCUT2D eigenvalue weighted by Gasteiger charge is 2.36. The number of Topliss-reactive ketones (excluding diaryl/α,β-unsaturated/α-hetero) is 1. The fourth-order valence-corrected chi connectivity index (χ4v) is 5.99. The number of hydrogen-bond acceptors (Lipinski definition) is 7. The lowest BCUT2D eigenvalue weighted by atomic mass is 9.80. The molecule has 5 N–H and O–H groups in total. The highest BCUT2D eigenvalue weighted by molar-refractivity contribution is 6.02. The van der Waals surface area contributed by atoms with Gasteiger partial charge < -0.3 is 30.3 Å². The summed E-state index contributed by atoms with van der Waals surface area (Å²) in [5, 5.41) is 52.8. The summed E-state index contributed by atoms with van der Waals surface area (Å²) in [7, 11) is 0. The van der Waals surface area contributed by atoms with Gasteiger partial charge in [-0.05, 0) is 55.0 Å². The molecule has 5 rings (SSSR count). The highest BCUT2D eigenvalue weighted by Crippen LogP contribution is 2.52. The molecule has 0 aromatic heterocycles. The van der Waals surface area contributed by atoms with Gasteiger partial charge in [-0.1, -0.05) is 74.2 Å². The molecule has 0 spiro atoms. The third kappa shape index (κ3) is 7.05. The predicted molar refractivity (Wildman–Crippen MR) is 164 cm³/mol. The van der Waals surface area contributed by atoms with Crippen molar-refractivity contribution >= 4 is 5.78 Å². The average molecular weight is 583 g/mol. The van der Waals surface area contributed by atoms with Gasteiger partial charge in [0.1, 0.15) is 46.2 Å². The Morgan fingerprint density at radius 2 is 1.40 bits per heavy atom. The van der Waals surface area contributed by atoms with Gasteiger partial charge in [0, 0.05) is 35.6 Å². The first-order chi connectivity index (χ1) is 20.8. The summed E-state index contributed by atoms with van der Waals surface area (Å²) in [5.41, 5.74) is 2.65. The number of phenols is 5. The zero-order valence-corrected chi connectivity index (χ0v) is 24.1. The summed E-state index contributed by atoms with van der Waals surface area (Å²) in [6, 6.07) is 22.7. The Bertz CT molecular complexity index is 1550. The Morgan fingerprint density at radius 3 is 2.14 bits per heavy atom. The van der Waals surface area contributed by atoms with Crippen LogP contribution >= 0.6 is 0 Å². The topological polar surface area (TPSA) is 127 Å². The van der Waals surface area contributed by atoms with E-state index in [1.54, 1.807) is 30.3 Å². The van der Waals surface area contributed by atoms with Gasteiger partial charge in [-0.3, -0.25) is 4.79 Å². The average Bonchev–Trinajstić information content (AvgIpc) is 2.98. The molecule has 1 heterocycles. The first-order valence-corrected chi connectivity index (χ1v) is 14.9. The molecular formula is C36H38O7. The molecule has 7 nitrogen and oxygen atoms in total. The van der Waals surface area contributed by atoms with E-state index in [1.807, 2.05) is 6.07 Å². The molecule has 0 saturated heterocycles. The maximum atomic E-state index is 13.2. The van der Waals surface area contributed by atoms with Crippen LogP contribution in [0.15, 0.2) is 78.9 Å². The summed E-state index contributed by atoms with van der Waals surface area (Å²) in [5.74, 6) is -1.75. The number of ether oxygens (including phenoxy) is 1. The van der Waals surface area contributed by atoms with Crippen LogP contribution in [0.4, 0.5) is 0 Å². The minimum absolute atomic E-state index is 0.00457. The number of unbranched alkanes of at least 4 members (excludes halogenated alkanes) is 5. The van der Waals surface area contributed by atoms with Crippen LogP contribution in [0.1, 0.15) is 96.0 Å². The van der Waals surface area contributed by atoms with Crippen LogP contribution in [0.5, 0.6) is 34.5 Å². The molecule has 7 heteroatoms. The number of hydrogen-bond donors (Lipinski definition) is 5. The maximum absolute atomic E-state index is 13.2. The molecule has 0 radical (unpaired) electrons. The van der Waals surface area contributed by atoms with E-state index in [0.29, 0.717) is 24.2 Å². The van der Waals surface area contributed by atoms with Crippen molar-refractivity contribution < 1.29 is 35.1 Å². The van der Waals surface area contributed by atoms with E-state index >= 15 is 0 Å². The van der Waals surface area contributed by atoms with E-state index in [1.165, 1.54) is 17.7 Å². The SMILES string of the molecule is O=C(CCCCCCCCc1ccccc1)c1c(O)cc(O)c([C@@H]2C[C@@H](c3ccc(O)cc3)Oc3cc(O)ccc32)c1O. The number of benzene rings is 4. The number of ketones is 1. The quantitative estimate of drug-likeness (QED) is 0.0845. The summed E-state index contributed by atoms with van der Waals surface area (Å²) >= 11 is 0. The van der Waals surface area contributed by atoms with Gasteiger partial charge in [0.05, 0.1) is 0 Å². The van der Waals surface area contributed by atoms with E-state index in [0.717, 1.165) is 50.2 Å². The number of fused-ring (bicyclic) bond motifs is 1. The Balaban J connectivity index is 1.27. The Labute approximate surface area is 251 Å². The van der Waals surface area contributed by atoms with Crippen LogP contribution in [-0.2, 0) is 6.42 Å². The summed E-state index contributed by atoms with van der Waals surface area (Å²) < 4.78 is 6.17. The summed E-state index contributed by atoms with van der Waals surface area (Å²) in [6.07, 6.45) is 6.85. The highest BCUT2D eigenvalue weighted by atomic mass is 16.5. The van der Waals surface area contributed by atoms with E-state index < -0.39 is 23.5 Å². The van der Waals surface area contributed by atoms with E-state index in [-0.39, 0.29) is 40.6 Å². The molecule has 0 bridgehead atoms. The maximum Gasteiger partial charge on any atom is 0.170 e. The van der Waals surface area contributed by atoms with E-state index in [2.05, 4.69) is 24.3 Å². The number of carbonyl (C=O) groups is 1. The number of aryl methyl sites for hydroxylation is 1. The second-order valence-corrected chi connectivity index (χ2v) is 11.3. The van der Waals surface area contributed by atoms with Crippen molar-refractivity contribution in [3.05, 3.63) is 107 Å². The van der Waals surface area contributed by atoms with Crippen LogP contribution < -0.4 is 4.74 Å². The van der Waals surface area contributed by atoms with Gasteiger partial charge in [0.2, 0.25) is 0 Å². The van der Waals surface area contributed by atoms with Gasteiger partial charge in [-0.15, -0.1) is 0 Å². The molecule has 0 unspecified atom stereocenters. The van der Waals surface area contributed by atoms with Crippen molar-refractivity contribution in [1.29, 1.82) is 0 Å². The molecule has 0 fully saturated rings. The standard InChI is InChI=1S/C36H38O7/c37-25-16-14-24(15-17-25)32-21-28(27-19-18-26(38)20-33(27)43-32)34-30(40)22-31(41)35(36(34)42)29(39)13-9-4-2-1-3-6-10-23-11-7-5-8-12-23/h5,7-8,11-12,14-20,22,28,32,37-38,40-42H,1-4,6,9-10,13,21H2/t28-,32+/m1/s1. The van der Waals surface area contributed by atoms with E-state index in [9.17, 15) is 30.3 Å². The molecular weight excluding hydrogens is 544 g/mol. The minimum atomic E-state index is -0.605. The van der Waals surface area contributed by atoms with Crippen LogP contribution in [-0.4, -0.2) is 31.3 Å². The largest absolute Gasteiger partial charge is 0.508 e. The lowest BCUT2D eigenvalue weighted by Gasteiger charge is -2.33. The fourth-order valence-electron chi connectivity index (χ4n) is 5.99. The van der Waals surface area contributed by atoms with Crippen molar-refractivity contribution in [3.63, 3.8) is 0 Å². The zero-order chi connectivity index (χ0) is 30.3. The smallest absolute Gasteiger partial charge is 0.170 e. The van der Waals surface area contributed by atoms with Gasteiger partial charge in [-0.2, -0.15) is 0 Å². The van der Waals surface area contributed by atoms with Crippen molar-refractivity contribution in [2.75, 3.05) is 0 Å². The van der Waals surface area contributed by atoms with Crippen molar-refractivity contribution in [1.82, 2.24) is 0 Å². The Kier molecular flexibility index (Phi) is 9.40.